The van der Waals surface area contributed by atoms with Gasteiger partial charge in [-0.25, -0.2) is 0 Å². The minimum absolute atomic E-state index is 1.24. The third-order valence-corrected chi connectivity index (χ3v) is 4.06. The Morgan fingerprint density at radius 2 is 1.29 bits per heavy atom. The molecule has 0 saturated carbocycles. The van der Waals surface area contributed by atoms with Crippen molar-refractivity contribution in [3.63, 3.8) is 0 Å². The van der Waals surface area contributed by atoms with Gasteiger partial charge in [-0.3, -0.25) is 0 Å². The van der Waals surface area contributed by atoms with Gasteiger partial charge in [0.2, 0.25) is 0 Å². The topological polar surface area (TPSA) is 0 Å². The fraction of sp³-hybridized carbons (Fsp3) is 0.571. The lowest BCUT2D eigenvalue weighted by atomic mass is 9.85. The Hall–Kier alpha value is -1.04. The quantitative estimate of drug-likeness (QED) is 0.403. The molecule has 0 fully saturated rings. The van der Waals surface area contributed by atoms with Gasteiger partial charge in [0.05, 0.1) is 0 Å². The number of rotatable bonds is 11. The molecule has 1 aromatic rings. The zero-order chi connectivity index (χ0) is 15.3. The highest BCUT2D eigenvalue weighted by Crippen LogP contribution is 2.31. The second-order valence-corrected chi connectivity index (χ2v) is 5.99. The van der Waals surface area contributed by atoms with Gasteiger partial charge in [0, 0.05) is 5.92 Å². The first-order valence-corrected chi connectivity index (χ1v) is 8.92. The Morgan fingerprint density at radius 1 is 0.762 bits per heavy atom. The number of unbranched alkanes of at least 4 members (excludes halogenated alkanes) is 3. The average Bonchev–Trinajstić information content (AvgIpc) is 2.53. The Labute approximate surface area is 132 Å². The molecule has 1 radical (unpaired) electrons. The molecule has 0 heterocycles. The smallest absolute Gasteiger partial charge is 0.000890 e. The summed E-state index contributed by atoms with van der Waals surface area (Å²) in [6.07, 6.45) is 14.1. The highest BCUT2D eigenvalue weighted by atomic mass is 14.2. The molecular formula is C21H33. The zero-order valence-electron chi connectivity index (χ0n) is 14.3. The van der Waals surface area contributed by atoms with E-state index in [0.717, 1.165) is 0 Å². The van der Waals surface area contributed by atoms with Crippen LogP contribution in [0.4, 0.5) is 0 Å². The molecule has 0 amide bonds. The van der Waals surface area contributed by atoms with Crippen LogP contribution in [0.25, 0.3) is 6.08 Å². The monoisotopic (exact) mass is 285 g/mol. The van der Waals surface area contributed by atoms with Crippen molar-refractivity contribution in [3.8, 4) is 0 Å². The van der Waals surface area contributed by atoms with E-state index in [-0.39, 0.29) is 0 Å². The van der Waals surface area contributed by atoms with Crippen LogP contribution < -0.4 is 0 Å². The van der Waals surface area contributed by atoms with Crippen LogP contribution in [0.15, 0.2) is 35.9 Å². The summed E-state index contributed by atoms with van der Waals surface area (Å²) in [7, 11) is 0. The van der Waals surface area contributed by atoms with Crippen molar-refractivity contribution in [3.05, 3.63) is 47.4 Å². The molecular weight excluding hydrogens is 252 g/mol. The van der Waals surface area contributed by atoms with Gasteiger partial charge < -0.3 is 0 Å². The van der Waals surface area contributed by atoms with Crippen LogP contribution in [0, 0.1) is 5.92 Å². The van der Waals surface area contributed by atoms with Crippen molar-refractivity contribution in [2.45, 2.75) is 78.6 Å². The molecule has 0 heteroatoms. The van der Waals surface area contributed by atoms with Crippen LogP contribution in [0.2, 0.25) is 0 Å². The fourth-order valence-corrected chi connectivity index (χ4v) is 2.70. The van der Waals surface area contributed by atoms with Crippen molar-refractivity contribution >= 4 is 6.08 Å². The summed E-state index contributed by atoms with van der Waals surface area (Å²) >= 11 is 0. The van der Waals surface area contributed by atoms with E-state index in [1.54, 1.807) is 11.5 Å². The minimum atomic E-state index is 1.24. The molecule has 1 aromatic carbocycles. The second-order valence-electron chi connectivity index (χ2n) is 5.99. The lowest BCUT2D eigenvalue weighted by Crippen LogP contribution is -2.03. The molecule has 0 bridgehead atoms. The highest BCUT2D eigenvalue weighted by Gasteiger charge is 2.14. The van der Waals surface area contributed by atoms with E-state index in [0.29, 0.717) is 0 Å². The predicted octanol–water partition coefficient (Wildman–Crippen LogP) is 7.22. The van der Waals surface area contributed by atoms with Crippen LogP contribution in [-0.2, 0) is 0 Å². The summed E-state index contributed by atoms with van der Waals surface area (Å²) in [6.45, 7) is 6.88. The SMILES string of the molecule is CCCC[C](CCCC)C(=Cc1ccccc1)CCCC. The number of allylic oxidation sites excluding steroid dienone is 1. The van der Waals surface area contributed by atoms with Crippen LogP contribution >= 0.6 is 0 Å². The molecule has 0 atom stereocenters. The van der Waals surface area contributed by atoms with Crippen molar-refractivity contribution in [1.82, 2.24) is 0 Å². The third-order valence-electron chi connectivity index (χ3n) is 4.06. The van der Waals surface area contributed by atoms with Crippen LogP contribution in [0.3, 0.4) is 0 Å². The number of hydrogen-bond donors (Lipinski definition) is 0. The normalized spacial score (nSPS) is 12.1. The molecule has 0 unspecified atom stereocenters. The minimum Gasteiger partial charge on any atom is -0.0654 e. The van der Waals surface area contributed by atoms with E-state index >= 15 is 0 Å². The van der Waals surface area contributed by atoms with Gasteiger partial charge >= 0.3 is 0 Å². The lowest BCUT2D eigenvalue weighted by molar-refractivity contribution is 0.631. The van der Waals surface area contributed by atoms with Crippen molar-refractivity contribution < 1.29 is 0 Å². The summed E-state index contributed by atoms with van der Waals surface area (Å²) in [4.78, 5) is 0. The Balaban J connectivity index is 2.86. The van der Waals surface area contributed by atoms with Gasteiger partial charge in [0.1, 0.15) is 0 Å². The van der Waals surface area contributed by atoms with E-state index in [9.17, 15) is 0 Å². The summed E-state index contributed by atoms with van der Waals surface area (Å²) in [6, 6.07) is 10.8. The molecule has 1 rings (SSSR count). The van der Waals surface area contributed by atoms with Gasteiger partial charge in [-0.1, -0.05) is 94.9 Å². The van der Waals surface area contributed by atoms with Gasteiger partial charge in [-0.15, -0.1) is 0 Å². The molecule has 0 aliphatic rings. The molecule has 0 aromatic heterocycles. The lowest BCUT2D eigenvalue weighted by Gasteiger charge is -2.20. The van der Waals surface area contributed by atoms with Crippen molar-refractivity contribution in [2.24, 2.45) is 0 Å². The van der Waals surface area contributed by atoms with E-state index in [4.69, 9.17) is 0 Å². The first kappa shape index (κ1) is 18.0. The molecule has 0 nitrogen and oxygen atoms in total. The summed E-state index contributed by atoms with van der Waals surface area (Å²) < 4.78 is 0. The number of benzene rings is 1. The molecule has 0 aliphatic carbocycles. The van der Waals surface area contributed by atoms with Gasteiger partial charge in [-0.05, 0) is 31.2 Å². The van der Waals surface area contributed by atoms with Gasteiger partial charge in [-0.2, -0.15) is 0 Å². The number of hydrogen-bond acceptors (Lipinski definition) is 0. The highest BCUT2D eigenvalue weighted by molar-refractivity contribution is 5.56. The van der Waals surface area contributed by atoms with Crippen LogP contribution in [0.5, 0.6) is 0 Å². The first-order chi connectivity index (χ1) is 10.3. The third kappa shape index (κ3) is 7.50. The summed E-state index contributed by atoms with van der Waals surface area (Å²) in [5.74, 6) is 1.72. The van der Waals surface area contributed by atoms with Crippen molar-refractivity contribution in [1.29, 1.82) is 0 Å². The molecule has 0 saturated heterocycles. The van der Waals surface area contributed by atoms with E-state index < -0.39 is 0 Å². The Bertz CT molecular complexity index is 366. The molecule has 0 aliphatic heterocycles. The van der Waals surface area contributed by atoms with Crippen LogP contribution in [-0.4, -0.2) is 0 Å². The average molecular weight is 285 g/mol. The van der Waals surface area contributed by atoms with E-state index in [1.807, 2.05) is 0 Å². The van der Waals surface area contributed by atoms with Gasteiger partial charge in [0.15, 0.2) is 0 Å². The summed E-state index contributed by atoms with van der Waals surface area (Å²) in [5.41, 5.74) is 2.97. The Kier molecular flexibility index (Phi) is 9.95. The van der Waals surface area contributed by atoms with E-state index in [1.165, 1.54) is 63.4 Å². The molecule has 21 heavy (non-hydrogen) atoms. The predicted molar refractivity (Wildman–Crippen MR) is 96.2 cm³/mol. The Morgan fingerprint density at radius 3 is 1.81 bits per heavy atom. The first-order valence-electron chi connectivity index (χ1n) is 8.92. The van der Waals surface area contributed by atoms with Crippen molar-refractivity contribution in [2.75, 3.05) is 0 Å². The molecule has 117 valence electrons. The largest absolute Gasteiger partial charge is 0.0654 e. The maximum Gasteiger partial charge on any atom is 0.000890 e. The maximum atomic E-state index is 2.44. The summed E-state index contributed by atoms with van der Waals surface area (Å²) in [5, 5.41) is 0. The molecule has 0 N–H and O–H groups in total. The van der Waals surface area contributed by atoms with E-state index in [2.05, 4.69) is 57.2 Å². The van der Waals surface area contributed by atoms with Crippen LogP contribution in [0.1, 0.15) is 84.1 Å². The zero-order valence-corrected chi connectivity index (χ0v) is 14.3. The fourth-order valence-electron chi connectivity index (χ4n) is 2.70. The standard InChI is InChI=1S/C21H33/c1-4-7-15-20(16-8-5-2)21(17-9-6-3)18-19-13-11-10-12-14-19/h10-14,18H,4-9,15-17H2,1-3H3. The van der Waals surface area contributed by atoms with Gasteiger partial charge in [0.25, 0.3) is 0 Å². The second kappa shape index (κ2) is 11.6. The molecule has 0 spiro atoms. The maximum absolute atomic E-state index is 2.44.